The van der Waals surface area contributed by atoms with Crippen molar-refractivity contribution < 1.29 is 19.2 Å². The molecular formula is C14H14BrNO4. The summed E-state index contributed by atoms with van der Waals surface area (Å²) in [5.74, 6) is -2.08. The average Bonchev–Trinajstić information content (AvgIpc) is 2.62. The molecule has 0 saturated heterocycles. The van der Waals surface area contributed by atoms with Gasteiger partial charge < -0.3 is 4.84 Å². The van der Waals surface area contributed by atoms with Crippen LogP contribution in [-0.4, -0.2) is 17.7 Å². The van der Waals surface area contributed by atoms with Crippen molar-refractivity contribution >= 4 is 39.3 Å². The molecule has 0 spiro atoms. The molecule has 6 heteroatoms. The molecule has 106 valence electrons. The highest BCUT2D eigenvalue weighted by molar-refractivity contribution is 9.08. The zero-order valence-electron chi connectivity index (χ0n) is 11.4. The maximum absolute atomic E-state index is 11.9. The molecule has 0 bridgehead atoms. The fraction of sp³-hybridized carbons (Fsp3) is 0.357. The predicted octanol–water partition coefficient (Wildman–Crippen LogP) is 2.62. The largest absolute Gasteiger partial charge is 0.338 e. The monoisotopic (exact) mass is 339 g/mol. The van der Waals surface area contributed by atoms with Crippen molar-refractivity contribution in [1.82, 2.24) is 0 Å². The van der Waals surface area contributed by atoms with E-state index in [9.17, 15) is 14.4 Å². The number of Topliss-reactive ketones (excluding diaryl/α,β-unsaturated/α-hetero) is 1. The fourth-order valence-electron chi connectivity index (χ4n) is 1.65. The molecule has 0 unspecified atom stereocenters. The molecule has 20 heavy (non-hydrogen) atoms. The fourth-order valence-corrected chi connectivity index (χ4v) is 2.00. The molecule has 1 aromatic carbocycles. The molecule has 0 saturated carbocycles. The molecule has 1 heterocycles. The molecule has 0 N–H and O–H groups in total. The summed E-state index contributed by atoms with van der Waals surface area (Å²) in [6, 6.07) is 4.98. The summed E-state index contributed by atoms with van der Waals surface area (Å²) in [5.41, 5.74) is 0.673. The molecule has 1 aromatic rings. The van der Waals surface area contributed by atoms with Crippen molar-refractivity contribution in [2.75, 3.05) is 5.06 Å². The van der Waals surface area contributed by atoms with E-state index in [1.54, 1.807) is 39.0 Å². The number of carbonyl (C=O) groups excluding carboxylic acids is 3. The number of fused-ring (bicyclic) bond motifs is 1. The van der Waals surface area contributed by atoms with E-state index < -0.39 is 23.1 Å². The first-order chi connectivity index (χ1) is 9.25. The van der Waals surface area contributed by atoms with Crippen molar-refractivity contribution in [3.8, 4) is 0 Å². The number of amides is 1. The van der Waals surface area contributed by atoms with Gasteiger partial charge in [-0.05, 0) is 38.5 Å². The Labute approximate surface area is 125 Å². The molecule has 0 atom stereocenters. The summed E-state index contributed by atoms with van der Waals surface area (Å²) in [6.45, 7) is 5.02. The number of benzene rings is 1. The summed E-state index contributed by atoms with van der Waals surface area (Å²) in [5, 5.41) is 1.35. The second-order valence-corrected chi connectivity index (χ2v) is 6.10. The molecule has 2 rings (SSSR count). The number of halogens is 1. The van der Waals surface area contributed by atoms with E-state index in [1.807, 2.05) is 0 Å². The Balaban J connectivity index is 2.37. The number of hydrogen-bond donors (Lipinski definition) is 0. The van der Waals surface area contributed by atoms with Crippen molar-refractivity contribution in [3.63, 3.8) is 0 Å². The van der Waals surface area contributed by atoms with E-state index in [2.05, 4.69) is 15.9 Å². The minimum atomic E-state index is -0.843. The number of alkyl halides is 1. The van der Waals surface area contributed by atoms with Crippen LogP contribution in [0.5, 0.6) is 0 Å². The van der Waals surface area contributed by atoms with Gasteiger partial charge in [-0.15, -0.1) is 5.06 Å². The second kappa shape index (κ2) is 5.01. The molecule has 1 amide bonds. The Morgan fingerprint density at radius 3 is 2.50 bits per heavy atom. The standard InChI is InChI=1S/C14H14BrNO4/c1-14(2,3)13(19)20-16-10-5-4-8(7-15)6-9(10)11(17)12(16)18/h4-6H,7H2,1-3H3. The van der Waals surface area contributed by atoms with Crippen LogP contribution in [0.1, 0.15) is 36.7 Å². The number of rotatable bonds is 2. The number of hydroxylamine groups is 1. The van der Waals surface area contributed by atoms with Crippen LogP contribution in [0.4, 0.5) is 5.69 Å². The van der Waals surface area contributed by atoms with Gasteiger partial charge in [0.2, 0.25) is 0 Å². The summed E-state index contributed by atoms with van der Waals surface area (Å²) >= 11 is 3.29. The van der Waals surface area contributed by atoms with Gasteiger partial charge in [-0.25, -0.2) is 4.79 Å². The second-order valence-electron chi connectivity index (χ2n) is 5.54. The maximum atomic E-state index is 11.9. The highest BCUT2D eigenvalue weighted by Gasteiger charge is 2.40. The van der Waals surface area contributed by atoms with Crippen molar-refractivity contribution in [2.45, 2.75) is 26.1 Å². The SMILES string of the molecule is CC(C)(C)C(=O)ON1C(=O)C(=O)c2cc(CBr)ccc21. The Morgan fingerprint density at radius 1 is 1.30 bits per heavy atom. The van der Waals surface area contributed by atoms with E-state index in [0.29, 0.717) is 11.0 Å². The van der Waals surface area contributed by atoms with Gasteiger partial charge in [0.15, 0.2) is 0 Å². The third kappa shape index (κ3) is 2.47. The highest BCUT2D eigenvalue weighted by atomic mass is 79.9. The topological polar surface area (TPSA) is 63.7 Å². The first-order valence-electron chi connectivity index (χ1n) is 6.06. The number of anilines is 1. The predicted molar refractivity (Wildman–Crippen MR) is 76.4 cm³/mol. The first-order valence-corrected chi connectivity index (χ1v) is 7.18. The van der Waals surface area contributed by atoms with Crippen LogP contribution in [0, 0.1) is 5.41 Å². The Morgan fingerprint density at radius 2 is 1.95 bits per heavy atom. The van der Waals surface area contributed by atoms with E-state index in [-0.39, 0.29) is 5.56 Å². The third-order valence-electron chi connectivity index (χ3n) is 2.84. The number of hydrogen-bond acceptors (Lipinski definition) is 4. The number of carbonyl (C=O) groups is 3. The third-order valence-corrected chi connectivity index (χ3v) is 3.49. The molecule has 0 aliphatic carbocycles. The summed E-state index contributed by atoms with van der Waals surface area (Å²) in [6.07, 6.45) is 0. The maximum Gasteiger partial charge on any atom is 0.338 e. The average molecular weight is 340 g/mol. The zero-order chi connectivity index (χ0) is 15.1. The van der Waals surface area contributed by atoms with Crippen LogP contribution in [0.15, 0.2) is 18.2 Å². The van der Waals surface area contributed by atoms with Gasteiger partial charge in [-0.1, -0.05) is 22.0 Å². The Kier molecular flexibility index (Phi) is 3.69. The van der Waals surface area contributed by atoms with Gasteiger partial charge >= 0.3 is 11.9 Å². The van der Waals surface area contributed by atoms with E-state index in [0.717, 1.165) is 10.6 Å². The van der Waals surface area contributed by atoms with Crippen molar-refractivity contribution in [3.05, 3.63) is 29.3 Å². The minimum absolute atomic E-state index is 0.258. The van der Waals surface area contributed by atoms with Crippen LogP contribution in [0.25, 0.3) is 0 Å². The molecule has 5 nitrogen and oxygen atoms in total. The number of ketones is 1. The van der Waals surface area contributed by atoms with Crippen molar-refractivity contribution in [2.24, 2.45) is 5.41 Å². The Hall–Kier alpha value is -1.69. The molecule has 1 aliphatic rings. The van der Waals surface area contributed by atoms with Gasteiger partial charge in [0.25, 0.3) is 5.78 Å². The molecule has 0 fully saturated rings. The number of nitrogens with zero attached hydrogens (tertiary/aromatic N) is 1. The van der Waals surface area contributed by atoms with Crippen molar-refractivity contribution in [1.29, 1.82) is 0 Å². The van der Waals surface area contributed by atoms with E-state index in [4.69, 9.17) is 4.84 Å². The summed E-state index contributed by atoms with van der Waals surface area (Å²) < 4.78 is 0. The quantitative estimate of drug-likeness (QED) is 0.613. The first kappa shape index (κ1) is 14.7. The lowest BCUT2D eigenvalue weighted by molar-refractivity contribution is -0.157. The summed E-state index contributed by atoms with van der Waals surface area (Å²) in [7, 11) is 0. The highest BCUT2D eigenvalue weighted by Crippen LogP contribution is 2.31. The Bertz CT molecular complexity index is 604. The van der Waals surface area contributed by atoms with Gasteiger partial charge in [0, 0.05) is 5.33 Å². The van der Waals surface area contributed by atoms with Crippen LogP contribution < -0.4 is 5.06 Å². The van der Waals surface area contributed by atoms with E-state index >= 15 is 0 Å². The zero-order valence-corrected chi connectivity index (χ0v) is 13.0. The van der Waals surface area contributed by atoms with Crippen LogP contribution in [-0.2, 0) is 19.8 Å². The molecule has 0 aromatic heterocycles. The van der Waals surface area contributed by atoms with Crippen LogP contribution in [0.3, 0.4) is 0 Å². The van der Waals surface area contributed by atoms with Gasteiger partial charge in [0.1, 0.15) is 0 Å². The molecule has 0 radical (unpaired) electrons. The molecular weight excluding hydrogens is 326 g/mol. The lowest BCUT2D eigenvalue weighted by Crippen LogP contribution is -2.36. The van der Waals surface area contributed by atoms with Gasteiger partial charge in [-0.2, -0.15) is 0 Å². The van der Waals surface area contributed by atoms with Gasteiger partial charge in [-0.3, -0.25) is 9.59 Å². The van der Waals surface area contributed by atoms with Gasteiger partial charge in [0.05, 0.1) is 16.7 Å². The van der Waals surface area contributed by atoms with Crippen LogP contribution >= 0.6 is 15.9 Å². The molecule has 1 aliphatic heterocycles. The summed E-state index contributed by atoms with van der Waals surface area (Å²) in [4.78, 5) is 40.8. The normalized spacial score (nSPS) is 14.5. The smallest absolute Gasteiger partial charge is 0.332 e. The van der Waals surface area contributed by atoms with Crippen LogP contribution in [0.2, 0.25) is 0 Å². The minimum Gasteiger partial charge on any atom is -0.332 e. The lowest BCUT2D eigenvalue weighted by atomic mass is 9.98. The lowest BCUT2D eigenvalue weighted by Gasteiger charge is -2.21. The van der Waals surface area contributed by atoms with E-state index in [1.165, 1.54) is 0 Å².